The smallest absolute Gasteiger partial charge is 0.276 e. The maximum absolute atomic E-state index is 12.7. The van der Waals surface area contributed by atoms with E-state index < -0.39 is 0 Å². The van der Waals surface area contributed by atoms with Gasteiger partial charge in [0.05, 0.1) is 11.9 Å². The van der Waals surface area contributed by atoms with Crippen molar-refractivity contribution in [1.29, 1.82) is 0 Å². The first kappa shape index (κ1) is 17.0. The molecule has 0 atom stereocenters. The number of aryl methyl sites for hydroxylation is 2. The topological polar surface area (TPSA) is 85.6 Å². The molecule has 0 radical (unpaired) electrons. The Morgan fingerprint density at radius 1 is 1.15 bits per heavy atom. The van der Waals surface area contributed by atoms with Gasteiger partial charge in [-0.05, 0) is 43.7 Å². The van der Waals surface area contributed by atoms with Crippen LogP contribution in [0.4, 0.5) is 5.13 Å². The predicted octanol–water partition coefficient (Wildman–Crippen LogP) is 3.65. The van der Waals surface area contributed by atoms with Crippen LogP contribution < -0.4 is 5.32 Å². The zero-order chi connectivity index (χ0) is 18.8. The number of carbonyl (C=O) groups is 1. The van der Waals surface area contributed by atoms with Crippen LogP contribution in [0.15, 0.2) is 54.4 Å². The van der Waals surface area contributed by atoms with Gasteiger partial charge in [0.2, 0.25) is 0 Å². The number of carbonyl (C=O) groups excluding carboxylic acids is 1. The summed E-state index contributed by atoms with van der Waals surface area (Å²) >= 11 is 1.36. The number of amides is 1. The van der Waals surface area contributed by atoms with Crippen molar-refractivity contribution < 1.29 is 4.79 Å². The van der Waals surface area contributed by atoms with Crippen molar-refractivity contribution >= 4 is 22.4 Å². The summed E-state index contributed by atoms with van der Waals surface area (Å²) in [5, 5.41) is 5.21. The first-order valence-corrected chi connectivity index (χ1v) is 9.14. The monoisotopic (exact) mass is 376 g/mol. The van der Waals surface area contributed by atoms with Gasteiger partial charge in [0.1, 0.15) is 23.5 Å². The second kappa shape index (κ2) is 7.08. The molecule has 4 rings (SSSR count). The summed E-state index contributed by atoms with van der Waals surface area (Å²) in [4.78, 5) is 30.0. The van der Waals surface area contributed by atoms with Gasteiger partial charge in [0.15, 0.2) is 5.13 Å². The number of nitrogens with zero attached hydrogens (tertiary/aromatic N) is 5. The van der Waals surface area contributed by atoms with E-state index in [1.165, 1.54) is 17.5 Å². The highest BCUT2D eigenvalue weighted by molar-refractivity contribution is 7.14. The van der Waals surface area contributed by atoms with Gasteiger partial charge in [-0.1, -0.05) is 6.07 Å². The fourth-order valence-corrected chi connectivity index (χ4v) is 3.42. The van der Waals surface area contributed by atoms with Crippen LogP contribution in [0.25, 0.3) is 17.2 Å². The van der Waals surface area contributed by atoms with Crippen LogP contribution in [0, 0.1) is 13.8 Å². The molecule has 0 fully saturated rings. The Kier molecular flexibility index (Phi) is 4.47. The van der Waals surface area contributed by atoms with E-state index >= 15 is 0 Å². The molecule has 0 unspecified atom stereocenters. The fraction of sp³-hybridized carbons (Fsp3) is 0.105. The van der Waals surface area contributed by atoms with Gasteiger partial charge < -0.3 is 0 Å². The minimum atomic E-state index is -0.299. The number of thiazole rings is 1. The van der Waals surface area contributed by atoms with E-state index in [1.807, 2.05) is 49.6 Å². The van der Waals surface area contributed by atoms with Gasteiger partial charge >= 0.3 is 0 Å². The Balaban J connectivity index is 1.57. The highest BCUT2D eigenvalue weighted by Gasteiger charge is 2.16. The van der Waals surface area contributed by atoms with Crippen molar-refractivity contribution in [2.75, 3.05) is 5.32 Å². The SMILES string of the molecule is Cc1cc(C)nc(-c2csc(NC(=O)c3cncn3-c3ccccn3)n2)c1. The van der Waals surface area contributed by atoms with E-state index in [-0.39, 0.29) is 5.91 Å². The first-order chi connectivity index (χ1) is 13.1. The van der Waals surface area contributed by atoms with E-state index in [1.54, 1.807) is 17.1 Å². The molecular formula is C19H16N6OS. The van der Waals surface area contributed by atoms with Crippen LogP contribution >= 0.6 is 11.3 Å². The van der Waals surface area contributed by atoms with Crippen LogP contribution in [0.5, 0.6) is 0 Å². The lowest BCUT2D eigenvalue weighted by Crippen LogP contribution is -2.16. The fourth-order valence-electron chi connectivity index (χ4n) is 2.72. The Bertz CT molecular complexity index is 1080. The number of rotatable bonds is 4. The molecule has 4 aromatic rings. The second-order valence-corrected chi connectivity index (χ2v) is 6.86. The summed E-state index contributed by atoms with van der Waals surface area (Å²) in [7, 11) is 0. The lowest BCUT2D eigenvalue weighted by Gasteiger charge is -2.06. The van der Waals surface area contributed by atoms with Crippen LogP contribution in [0.2, 0.25) is 0 Å². The van der Waals surface area contributed by atoms with Crippen molar-refractivity contribution in [3.8, 4) is 17.2 Å². The normalized spacial score (nSPS) is 10.7. The molecule has 7 nitrogen and oxygen atoms in total. The van der Waals surface area contributed by atoms with Crippen LogP contribution in [0.3, 0.4) is 0 Å². The number of imidazole rings is 1. The van der Waals surface area contributed by atoms with E-state index in [4.69, 9.17) is 0 Å². The molecule has 0 spiro atoms. The van der Waals surface area contributed by atoms with Gasteiger partial charge in [-0.25, -0.2) is 15.0 Å². The minimum absolute atomic E-state index is 0.299. The highest BCUT2D eigenvalue weighted by Crippen LogP contribution is 2.25. The van der Waals surface area contributed by atoms with Crippen LogP contribution in [0.1, 0.15) is 21.7 Å². The van der Waals surface area contributed by atoms with Crippen LogP contribution in [-0.4, -0.2) is 30.4 Å². The zero-order valence-corrected chi connectivity index (χ0v) is 15.6. The average Bonchev–Trinajstić information content (AvgIpc) is 3.31. The third-order valence-corrected chi connectivity index (χ3v) is 4.61. The molecule has 0 bridgehead atoms. The summed E-state index contributed by atoms with van der Waals surface area (Å²) in [6, 6.07) is 9.47. The van der Waals surface area contributed by atoms with E-state index in [9.17, 15) is 4.79 Å². The number of hydrogen-bond donors (Lipinski definition) is 1. The third-order valence-electron chi connectivity index (χ3n) is 3.85. The summed E-state index contributed by atoms with van der Waals surface area (Å²) in [6.45, 7) is 3.97. The third kappa shape index (κ3) is 3.61. The molecule has 1 N–H and O–H groups in total. The summed E-state index contributed by atoms with van der Waals surface area (Å²) in [6.07, 6.45) is 4.73. The molecule has 8 heteroatoms. The first-order valence-electron chi connectivity index (χ1n) is 8.26. The molecule has 0 aliphatic carbocycles. The molecule has 0 saturated heterocycles. The van der Waals surface area contributed by atoms with Gasteiger partial charge in [-0.2, -0.15) is 0 Å². The molecule has 0 aromatic carbocycles. The zero-order valence-electron chi connectivity index (χ0n) is 14.7. The second-order valence-electron chi connectivity index (χ2n) is 6.00. The number of anilines is 1. The highest BCUT2D eigenvalue weighted by atomic mass is 32.1. The standard InChI is InChI=1S/C19H16N6OS/c1-12-7-13(2)22-14(8-12)15-10-27-19(23-15)24-18(26)16-9-20-11-25(16)17-5-3-4-6-21-17/h3-11H,1-2H3,(H,23,24,26). The summed E-state index contributed by atoms with van der Waals surface area (Å²) in [5.41, 5.74) is 3.97. The number of aromatic nitrogens is 5. The molecule has 1 amide bonds. The molecule has 0 saturated carbocycles. The molecule has 4 heterocycles. The van der Waals surface area contributed by atoms with Gasteiger partial charge in [-0.3, -0.25) is 19.7 Å². The lowest BCUT2D eigenvalue weighted by molar-refractivity contribution is 0.102. The van der Waals surface area contributed by atoms with E-state index in [2.05, 4.69) is 25.3 Å². The summed E-state index contributed by atoms with van der Waals surface area (Å²) in [5.74, 6) is 0.326. The van der Waals surface area contributed by atoms with Crippen molar-refractivity contribution in [2.24, 2.45) is 0 Å². The molecule has 27 heavy (non-hydrogen) atoms. The molecule has 134 valence electrons. The summed E-state index contributed by atoms with van der Waals surface area (Å²) < 4.78 is 1.63. The number of nitrogens with one attached hydrogen (secondary N) is 1. The lowest BCUT2D eigenvalue weighted by atomic mass is 10.2. The quantitative estimate of drug-likeness (QED) is 0.587. The molecular weight excluding hydrogens is 360 g/mol. The number of hydrogen-bond acceptors (Lipinski definition) is 6. The van der Waals surface area contributed by atoms with E-state index in [0.29, 0.717) is 16.6 Å². The van der Waals surface area contributed by atoms with Gasteiger partial charge in [0.25, 0.3) is 5.91 Å². The largest absolute Gasteiger partial charge is 0.296 e. The Labute approximate surface area is 159 Å². The maximum Gasteiger partial charge on any atom is 0.276 e. The number of pyridine rings is 2. The Hall–Kier alpha value is -3.39. The Morgan fingerprint density at radius 3 is 2.81 bits per heavy atom. The van der Waals surface area contributed by atoms with Crippen LogP contribution in [-0.2, 0) is 0 Å². The predicted molar refractivity (Wildman–Crippen MR) is 104 cm³/mol. The van der Waals surface area contributed by atoms with Crippen molar-refractivity contribution in [2.45, 2.75) is 13.8 Å². The van der Waals surface area contributed by atoms with Crippen molar-refractivity contribution in [1.82, 2.24) is 24.5 Å². The maximum atomic E-state index is 12.7. The molecule has 4 aromatic heterocycles. The van der Waals surface area contributed by atoms with E-state index in [0.717, 1.165) is 22.6 Å². The van der Waals surface area contributed by atoms with Gasteiger partial charge in [0, 0.05) is 17.3 Å². The van der Waals surface area contributed by atoms with Crippen molar-refractivity contribution in [3.05, 3.63) is 71.4 Å². The molecule has 0 aliphatic rings. The average molecular weight is 376 g/mol. The molecule has 0 aliphatic heterocycles. The van der Waals surface area contributed by atoms with Gasteiger partial charge in [-0.15, -0.1) is 11.3 Å². The van der Waals surface area contributed by atoms with Crippen molar-refractivity contribution in [3.63, 3.8) is 0 Å². The minimum Gasteiger partial charge on any atom is -0.296 e. The Morgan fingerprint density at radius 2 is 2.04 bits per heavy atom.